The van der Waals surface area contributed by atoms with Gasteiger partial charge in [0.15, 0.2) is 0 Å². The molecule has 0 aliphatic carbocycles. The van der Waals surface area contributed by atoms with Crippen LogP contribution in [0.15, 0.2) is 76.4 Å². The van der Waals surface area contributed by atoms with Crippen LogP contribution in [-0.2, 0) is 15.1 Å². The van der Waals surface area contributed by atoms with E-state index in [9.17, 15) is 18.8 Å². The number of rotatable bonds is 6. The largest absolute Gasteiger partial charge is 0.497 e. The summed E-state index contributed by atoms with van der Waals surface area (Å²) >= 11 is 0. The third-order valence-electron chi connectivity index (χ3n) is 6.45. The number of imide groups is 1. The van der Waals surface area contributed by atoms with Gasteiger partial charge in [0.05, 0.1) is 19.1 Å². The number of carbonyl (C=O) groups excluding carboxylic acids is 3. The van der Waals surface area contributed by atoms with Crippen molar-refractivity contribution in [3.8, 4) is 5.75 Å². The Morgan fingerprint density at radius 3 is 2.53 bits per heavy atom. The van der Waals surface area contributed by atoms with E-state index in [2.05, 4.69) is 10.4 Å². The monoisotopic (exact) mass is 490 g/mol. The lowest BCUT2D eigenvalue weighted by molar-refractivity contribution is -0.140. The predicted octanol–water partition coefficient (Wildman–Crippen LogP) is 3.57. The van der Waals surface area contributed by atoms with Gasteiger partial charge < -0.3 is 14.5 Å². The van der Waals surface area contributed by atoms with Crippen molar-refractivity contribution in [2.45, 2.75) is 24.9 Å². The molecule has 5 rings (SSSR count). The van der Waals surface area contributed by atoms with Gasteiger partial charge in [-0.2, -0.15) is 5.10 Å². The highest BCUT2D eigenvalue weighted by Gasteiger charge is 2.50. The van der Waals surface area contributed by atoms with E-state index < -0.39 is 41.8 Å². The molecular weight excluding hydrogens is 467 g/mol. The highest BCUT2D eigenvalue weighted by atomic mass is 19.1. The molecule has 9 nitrogen and oxygen atoms in total. The zero-order valence-electron chi connectivity index (χ0n) is 19.6. The highest BCUT2D eigenvalue weighted by molar-refractivity contribution is 6.09. The van der Waals surface area contributed by atoms with Crippen LogP contribution >= 0.6 is 0 Å². The van der Waals surface area contributed by atoms with Gasteiger partial charge in [-0.05, 0) is 66.6 Å². The van der Waals surface area contributed by atoms with E-state index in [0.29, 0.717) is 29.2 Å². The Labute approximate surface area is 206 Å². The van der Waals surface area contributed by atoms with Crippen molar-refractivity contribution in [3.05, 3.63) is 89.6 Å². The van der Waals surface area contributed by atoms with E-state index in [1.807, 2.05) is 12.1 Å². The number of hydrogen-bond donors (Lipinski definition) is 1. The van der Waals surface area contributed by atoms with Crippen LogP contribution in [0.5, 0.6) is 5.75 Å². The fourth-order valence-corrected chi connectivity index (χ4v) is 4.43. The molecule has 184 valence electrons. The van der Waals surface area contributed by atoms with Gasteiger partial charge in [0.25, 0.3) is 11.8 Å². The molecule has 1 N–H and O–H groups in total. The second-order valence-electron chi connectivity index (χ2n) is 8.70. The molecule has 1 fully saturated rings. The van der Waals surface area contributed by atoms with Crippen molar-refractivity contribution < 1.29 is 27.9 Å². The lowest BCUT2D eigenvalue weighted by Gasteiger charge is -2.24. The van der Waals surface area contributed by atoms with E-state index in [1.54, 1.807) is 31.4 Å². The molecule has 36 heavy (non-hydrogen) atoms. The first-order valence-corrected chi connectivity index (χ1v) is 11.3. The minimum atomic E-state index is -1.42. The molecule has 2 aliphatic heterocycles. The van der Waals surface area contributed by atoms with Crippen LogP contribution in [0.4, 0.5) is 9.18 Å². The molecular formula is C26H23FN4O5. The Bertz CT molecular complexity index is 1340. The topological polar surface area (TPSA) is 104 Å². The van der Waals surface area contributed by atoms with Gasteiger partial charge in [-0.25, -0.2) is 14.2 Å². The number of halogens is 1. The van der Waals surface area contributed by atoms with Crippen LogP contribution in [0.25, 0.3) is 0 Å². The number of hydrazone groups is 1. The average molecular weight is 490 g/mol. The molecule has 3 aromatic rings. The maximum absolute atomic E-state index is 13.4. The zero-order valence-corrected chi connectivity index (χ0v) is 19.6. The van der Waals surface area contributed by atoms with Gasteiger partial charge in [-0.15, -0.1) is 0 Å². The Kier molecular flexibility index (Phi) is 5.79. The van der Waals surface area contributed by atoms with Crippen molar-refractivity contribution in [2.75, 3.05) is 13.7 Å². The molecule has 1 aromatic heterocycles. The number of furan rings is 1. The molecule has 0 unspecified atom stereocenters. The second-order valence-corrected chi connectivity index (χ2v) is 8.70. The molecule has 2 aliphatic rings. The van der Waals surface area contributed by atoms with Crippen molar-refractivity contribution in [1.82, 2.24) is 15.2 Å². The number of urea groups is 1. The quantitative estimate of drug-likeness (QED) is 0.532. The van der Waals surface area contributed by atoms with Gasteiger partial charge in [0.2, 0.25) is 0 Å². The lowest BCUT2D eigenvalue weighted by Crippen LogP contribution is -2.43. The van der Waals surface area contributed by atoms with Crippen LogP contribution in [-0.4, -0.2) is 47.1 Å². The number of ether oxygens (including phenoxy) is 1. The molecule has 3 heterocycles. The number of carbonyl (C=O) groups is 3. The summed E-state index contributed by atoms with van der Waals surface area (Å²) in [6, 6.07) is 14.8. The molecule has 2 aromatic carbocycles. The smallest absolute Gasteiger partial charge is 0.325 e. The summed E-state index contributed by atoms with van der Waals surface area (Å²) in [5, 5.41) is 8.42. The highest BCUT2D eigenvalue weighted by Crippen LogP contribution is 2.34. The molecule has 4 amide bonds. The third-order valence-corrected chi connectivity index (χ3v) is 6.45. The molecule has 1 saturated heterocycles. The molecule has 0 bridgehead atoms. The van der Waals surface area contributed by atoms with Crippen LogP contribution in [0.3, 0.4) is 0 Å². The number of nitrogens with one attached hydrogen (secondary N) is 1. The Morgan fingerprint density at radius 1 is 1.17 bits per heavy atom. The standard InChI is InChI=1S/C26H23FN4O5/c1-26(17-7-9-18(27)10-8-17)24(33)30(25(34)28-26)15-23(32)31-21(22-4-3-13-36-22)14-20(29-31)16-5-11-19(35-2)12-6-16/h3-13,21H,14-15H2,1-2H3,(H,28,34)/t21-,26-/m1/s1. The average Bonchev–Trinajstić information content (AvgIpc) is 3.61. The van der Waals surface area contributed by atoms with Crippen molar-refractivity contribution >= 4 is 23.6 Å². The predicted molar refractivity (Wildman–Crippen MR) is 126 cm³/mol. The van der Waals surface area contributed by atoms with Crippen LogP contribution in [0.2, 0.25) is 0 Å². The van der Waals surface area contributed by atoms with E-state index in [0.717, 1.165) is 10.5 Å². The number of benzene rings is 2. The van der Waals surface area contributed by atoms with E-state index in [1.165, 1.54) is 42.5 Å². The maximum atomic E-state index is 13.4. The third kappa shape index (κ3) is 4.00. The Morgan fingerprint density at radius 2 is 1.89 bits per heavy atom. The number of nitrogens with zero attached hydrogens (tertiary/aromatic N) is 3. The minimum Gasteiger partial charge on any atom is -0.497 e. The summed E-state index contributed by atoms with van der Waals surface area (Å²) in [6.45, 7) is 1.00. The molecule has 0 spiro atoms. The number of hydrogen-bond acceptors (Lipinski definition) is 6. The maximum Gasteiger partial charge on any atom is 0.325 e. The SMILES string of the molecule is COc1ccc(C2=NN(C(=O)CN3C(=O)N[C@](C)(c4ccc(F)cc4)C3=O)[C@@H](c3ccco3)C2)cc1. The summed E-state index contributed by atoms with van der Waals surface area (Å²) in [5.74, 6) is -0.401. The summed E-state index contributed by atoms with van der Waals surface area (Å²) < 4.78 is 24.1. The Hall–Kier alpha value is -4.47. The summed E-state index contributed by atoms with van der Waals surface area (Å²) in [5.41, 5.74) is 0.447. The van der Waals surface area contributed by atoms with Gasteiger partial charge in [-0.1, -0.05) is 12.1 Å². The van der Waals surface area contributed by atoms with E-state index in [-0.39, 0.29) is 0 Å². The molecule has 0 radical (unpaired) electrons. The van der Waals surface area contributed by atoms with E-state index >= 15 is 0 Å². The first-order valence-electron chi connectivity index (χ1n) is 11.3. The summed E-state index contributed by atoms with van der Waals surface area (Å²) in [6.07, 6.45) is 1.90. The van der Waals surface area contributed by atoms with Gasteiger partial charge in [0, 0.05) is 6.42 Å². The van der Waals surface area contributed by atoms with Crippen LogP contribution in [0, 0.1) is 5.82 Å². The van der Waals surface area contributed by atoms with Gasteiger partial charge >= 0.3 is 6.03 Å². The summed E-state index contributed by atoms with van der Waals surface area (Å²) in [4.78, 5) is 40.2. The van der Waals surface area contributed by atoms with Crippen molar-refractivity contribution in [2.24, 2.45) is 5.10 Å². The fraction of sp³-hybridized carbons (Fsp3) is 0.231. The molecule has 2 atom stereocenters. The first-order chi connectivity index (χ1) is 17.3. The van der Waals surface area contributed by atoms with Crippen LogP contribution < -0.4 is 10.1 Å². The first kappa shape index (κ1) is 23.3. The van der Waals surface area contributed by atoms with Gasteiger partial charge in [-0.3, -0.25) is 14.5 Å². The minimum absolute atomic E-state index is 0.388. The normalized spacial score (nSPS) is 21.5. The van der Waals surface area contributed by atoms with E-state index in [4.69, 9.17) is 9.15 Å². The Balaban J connectivity index is 1.40. The van der Waals surface area contributed by atoms with Crippen LogP contribution in [0.1, 0.15) is 36.3 Å². The summed E-state index contributed by atoms with van der Waals surface area (Å²) in [7, 11) is 1.58. The fourth-order valence-electron chi connectivity index (χ4n) is 4.43. The molecule has 10 heteroatoms. The number of methoxy groups -OCH3 is 1. The molecule has 0 saturated carbocycles. The van der Waals surface area contributed by atoms with Crippen molar-refractivity contribution in [3.63, 3.8) is 0 Å². The van der Waals surface area contributed by atoms with Crippen molar-refractivity contribution in [1.29, 1.82) is 0 Å². The second kappa shape index (κ2) is 8.95. The number of amides is 4. The lowest BCUT2D eigenvalue weighted by atomic mass is 9.92. The zero-order chi connectivity index (χ0) is 25.4. The van der Waals surface area contributed by atoms with Gasteiger partial charge in [0.1, 0.15) is 35.5 Å².